The molecule has 0 aromatic heterocycles. The Morgan fingerprint density at radius 2 is 0.700 bits per heavy atom. The maximum Gasteiger partial charge on any atom is 3.00 e. The summed E-state index contributed by atoms with van der Waals surface area (Å²) >= 11 is 0. The molecule has 0 aromatic rings. The zero-order valence-corrected chi connectivity index (χ0v) is 9.33. The molecule has 0 nitrogen and oxygen atoms in total. The molecule has 0 spiro atoms. The zero-order valence-electron chi connectivity index (χ0n) is 7.60. The standard InChI is InChI=1S/3C3H7.Ru/c3*1-3-2;/h3*1,3H2,2H3;/q3*-1;+3. The van der Waals surface area contributed by atoms with Gasteiger partial charge in [-0.1, -0.05) is 20.8 Å². The van der Waals surface area contributed by atoms with E-state index in [-0.39, 0.29) is 19.5 Å². The molecule has 0 N–H and O–H groups in total. The Morgan fingerprint density at radius 3 is 0.700 bits per heavy atom. The summed E-state index contributed by atoms with van der Waals surface area (Å²) in [6, 6.07) is 0. The SMILES string of the molecule is [CH2-]CC.[CH2-]CC.[CH2-]CC.[Ru+3]. The molecule has 65 valence electrons. The monoisotopic (exact) mass is 231 g/mol. The third-order valence-corrected chi connectivity index (χ3v) is 0. The summed E-state index contributed by atoms with van der Waals surface area (Å²) in [7, 11) is 0. The molecule has 0 aliphatic heterocycles. The van der Waals surface area contributed by atoms with Crippen molar-refractivity contribution < 1.29 is 19.5 Å². The molecular weight excluding hydrogens is 209 g/mol. The molecule has 0 saturated heterocycles. The van der Waals surface area contributed by atoms with Gasteiger partial charge in [0.25, 0.3) is 0 Å². The van der Waals surface area contributed by atoms with Crippen molar-refractivity contribution in [1.29, 1.82) is 0 Å². The van der Waals surface area contributed by atoms with Crippen molar-refractivity contribution in [1.82, 2.24) is 0 Å². The average Bonchev–Trinajstić information content (AvgIpc) is 1.70. The van der Waals surface area contributed by atoms with Crippen LogP contribution in [0.4, 0.5) is 0 Å². The maximum absolute atomic E-state index is 3.49. The first-order valence-corrected chi connectivity index (χ1v) is 3.62. The van der Waals surface area contributed by atoms with Gasteiger partial charge in [0.1, 0.15) is 0 Å². The number of hydrogen-bond acceptors (Lipinski definition) is 0. The van der Waals surface area contributed by atoms with Crippen LogP contribution < -0.4 is 0 Å². The van der Waals surface area contributed by atoms with Gasteiger partial charge in [-0.2, -0.15) is 19.3 Å². The van der Waals surface area contributed by atoms with E-state index < -0.39 is 0 Å². The van der Waals surface area contributed by atoms with E-state index in [0.717, 1.165) is 19.3 Å². The molecular formula is C9H21Ru. The summed E-state index contributed by atoms with van der Waals surface area (Å²) in [4.78, 5) is 0. The minimum atomic E-state index is 0. The minimum absolute atomic E-state index is 0. The van der Waals surface area contributed by atoms with Crippen LogP contribution in [0.5, 0.6) is 0 Å². The summed E-state index contributed by atoms with van der Waals surface area (Å²) in [6.07, 6.45) is 3.00. The van der Waals surface area contributed by atoms with Crippen molar-refractivity contribution in [2.24, 2.45) is 0 Å². The molecule has 0 aliphatic carbocycles. The molecule has 0 amide bonds. The van der Waals surface area contributed by atoms with Gasteiger partial charge in [-0.25, -0.2) is 0 Å². The van der Waals surface area contributed by atoms with Crippen LogP contribution in [0.2, 0.25) is 0 Å². The fourth-order valence-electron chi connectivity index (χ4n) is 0. The van der Waals surface area contributed by atoms with E-state index in [1.54, 1.807) is 0 Å². The third-order valence-electron chi connectivity index (χ3n) is 0. The van der Waals surface area contributed by atoms with Gasteiger partial charge >= 0.3 is 19.5 Å². The molecule has 0 rings (SSSR count). The second-order valence-electron chi connectivity index (χ2n) is 1.50. The smallest absolute Gasteiger partial charge is 0.344 e. The summed E-state index contributed by atoms with van der Waals surface area (Å²) in [5, 5.41) is 0. The Hall–Kier alpha value is 0.623. The normalized spacial score (nSPS) is 5.40. The quantitative estimate of drug-likeness (QED) is 0.440. The fourth-order valence-corrected chi connectivity index (χ4v) is 0. The molecule has 0 aliphatic rings. The van der Waals surface area contributed by atoms with E-state index in [4.69, 9.17) is 0 Å². The number of rotatable bonds is 0. The minimum Gasteiger partial charge on any atom is -0.344 e. The Balaban J connectivity index is -0.0000000257. The van der Waals surface area contributed by atoms with Gasteiger partial charge in [-0.3, -0.25) is 0 Å². The van der Waals surface area contributed by atoms with E-state index in [1.165, 1.54) is 0 Å². The Labute approximate surface area is 80.6 Å². The van der Waals surface area contributed by atoms with Gasteiger partial charge in [0, 0.05) is 0 Å². The summed E-state index contributed by atoms with van der Waals surface area (Å²) < 4.78 is 0. The van der Waals surface area contributed by atoms with Crippen molar-refractivity contribution in [2.45, 2.75) is 40.0 Å². The average molecular weight is 230 g/mol. The van der Waals surface area contributed by atoms with E-state index in [9.17, 15) is 0 Å². The molecule has 10 heavy (non-hydrogen) atoms. The second kappa shape index (κ2) is 54.5. The molecule has 0 atom stereocenters. The van der Waals surface area contributed by atoms with E-state index in [2.05, 4.69) is 20.8 Å². The third kappa shape index (κ3) is 1290. The first-order valence-electron chi connectivity index (χ1n) is 3.62. The summed E-state index contributed by atoms with van der Waals surface area (Å²) in [5.74, 6) is 0. The molecule has 0 saturated carbocycles. The maximum atomic E-state index is 3.49. The van der Waals surface area contributed by atoms with E-state index in [0.29, 0.717) is 0 Å². The van der Waals surface area contributed by atoms with Gasteiger partial charge in [0.2, 0.25) is 0 Å². The Kier molecular flexibility index (Phi) is 122. The van der Waals surface area contributed by atoms with Crippen LogP contribution >= 0.6 is 0 Å². The van der Waals surface area contributed by atoms with Gasteiger partial charge in [-0.15, -0.1) is 0 Å². The van der Waals surface area contributed by atoms with Crippen molar-refractivity contribution >= 4 is 0 Å². The van der Waals surface area contributed by atoms with Gasteiger partial charge in [-0.05, 0) is 0 Å². The Bertz CT molecular complexity index is 9.44. The largest absolute Gasteiger partial charge is 3.00 e. The predicted molar refractivity (Wildman–Crippen MR) is 46.9 cm³/mol. The molecule has 1 radical (unpaired) electrons. The molecule has 0 bridgehead atoms. The zero-order chi connectivity index (χ0) is 8.12. The summed E-state index contributed by atoms with van der Waals surface area (Å²) in [5.41, 5.74) is 0. The first-order chi connectivity index (χ1) is 4.24. The van der Waals surface area contributed by atoms with Crippen LogP contribution in [-0.2, 0) is 19.5 Å². The van der Waals surface area contributed by atoms with Gasteiger partial charge in [0.05, 0.1) is 0 Å². The molecule has 0 fully saturated rings. The van der Waals surface area contributed by atoms with Crippen LogP contribution in [-0.4, -0.2) is 0 Å². The van der Waals surface area contributed by atoms with Crippen molar-refractivity contribution in [3.05, 3.63) is 20.8 Å². The molecule has 0 unspecified atom stereocenters. The topological polar surface area (TPSA) is 0 Å². The van der Waals surface area contributed by atoms with Crippen LogP contribution in [0, 0.1) is 20.8 Å². The molecule has 0 heterocycles. The fraction of sp³-hybridized carbons (Fsp3) is 0.667. The Morgan fingerprint density at radius 1 is 0.700 bits per heavy atom. The van der Waals surface area contributed by atoms with Crippen LogP contribution in [0.3, 0.4) is 0 Å². The molecule has 0 aromatic carbocycles. The number of hydrogen-bond donors (Lipinski definition) is 0. The van der Waals surface area contributed by atoms with Crippen molar-refractivity contribution in [3.63, 3.8) is 0 Å². The predicted octanol–water partition coefficient (Wildman–Crippen LogP) is 3.69. The second-order valence-corrected chi connectivity index (χ2v) is 1.50. The molecule has 1 heteroatoms. The van der Waals surface area contributed by atoms with Crippen molar-refractivity contribution in [3.8, 4) is 0 Å². The first kappa shape index (κ1) is 22.4. The van der Waals surface area contributed by atoms with E-state index in [1.807, 2.05) is 20.8 Å². The van der Waals surface area contributed by atoms with Gasteiger partial charge in [0.15, 0.2) is 0 Å². The summed E-state index contributed by atoms with van der Waals surface area (Å²) in [6.45, 7) is 16.5. The van der Waals surface area contributed by atoms with E-state index >= 15 is 0 Å². The van der Waals surface area contributed by atoms with Crippen LogP contribution in [0.15, 0.2) is 0 Å². The van der Waals surface area contributed by atoms with Gasteiger partial charge < -0.3 is 20.8 Å². The van der Waals surface area contributed by atoms with Crippen molar-refractivity contribution in [2.75, 3.05) is 0 Å². The van der Waals surface area contributed by atoms with Crippen LogP contribution in [0.1, 0.15) is 40.0 Å². The van der Waals surface area contributed by atoms with Crippen LogP contribution in [0.25, 0.3) is 0 Å².